The minimum atomic E-state index is 0.438. The molecule has 0 radical (unpaired) electrons. The molecule has 32 heavy (non-hydrogen) atoms. The van der Waals surface area contributed by atoms with Crippen molar-refractivity contribution in [1.82, 2.24) is 10.3 Å². The molecule has 1 unspecified atom stereocenters. The number of hydrogen-bond acceptors (Lipinski definition) is 4. The molecular formula is C27H38N4S. The molecule has 0 bridgehead atoms. The Hall–Kier alpha value is -2.24. The number of hydrogen-bond donors (Lipinski definition) is 2. The molecule has 0 amide bonds. The molecule has 4 rings (SSSR count). The number of fused-ring (bicyclic) bond motifs is 1. The fourth-order valence-corrected chi connectivity index (χ4v) is 5.13. The van der Waals surface area contributed by atoms with Gasteiger partial charge in [0.1, 0.15) is 5.84 Å². The van der Waals surface area contributed by atoms with E-state index in [4.69, 9.17) is 5.41 Å². The lowest BCUT2D eigenvalue weighted by atomic mass is 9.85. The van der Waals surface area contributed by atoms with Gasteiger partial charge in [0.05, 0.1) is 22.9 Å². The Morgan fingerprint density at radius 3 is 2.75 bits per heavy atom. The fourth-order valence-electron chi connectivity index (χ4n) is 4.49. The molecule has 2 aromatic rings. The van der Waals surface area contributed by atoms with Crippen LogP contribution in [0.2, 0.25) is 0 Å². The summed E-state index contributed by atoms with van der Waals surface area (Å²) in [7, 11) is 0. The summed E-state index contributed by atoms with van der Waals surface area (Å²) in [4.78, 5) is 6.93. The van der Waals surface area contributed by atoms with Gasteiger partial charge in [-0.3, -0.25) is 5.41 Å². The van der Waals surface area contributed by atoms with Crippen molar-refractivity contribution in [3.63, 3.8) is 0 Å². The standard InChI is InChI=1S/C25H32N4S.C2H6/c1-4-5-6-23(20-10-8-19(9-11-20)22-16-30-18(3)28-22)29-24-12-7-17(2)13-21(24)14-27-15-25(29)26;1-2/h6-8,12-13,16,20,26-27H,4-5,9-11,14-15H2,1-3H3;1-2H3/b23-6+,26-25?;. The number of unbranched alkanes of at least 4 members (excludes halogenated alkanes) is 1. The fraction of sp³-hybridized carbons (Fsp3) is 0.481. The molecule has 1 atom stereocenters. The van der Waals surface area contributed by atoms with Gasteiger partial charge in [0.2, 0.25) is 0 Å². The maximum atomic E-state index is 8.83. The Bertz CT molecular complexity index is 985. The SMILES string of the molecule is CC.CCC/C=C(\C1CC=C(c2csc(C)n2)CC1)N1C(=N)CNCc2cc(C)ccc21. The van der Waals surface area contributed by atoms with E-state index in [0.29, 0.717) is 18.3 Å². The Labute approximate surface area is 198 Å². The van der Waals surface area contributed by atoms with Crippen LogP contribution in [0.4, 0.5) is 5.69 Å². The third-order valence-corrected chi connectivity index (χ3v) is 6.80. The van der Waals surface area contributed by atoms with Crippen LogP contribution in [0.3, 0.4) is 0 Å². The van der Waals surface area contributed by atoms with Gasteiger partial charge in [-0.15, -0.1) is 11.3 Å². The number of rotatable bonds is 5. The highest BCUT2D eigenvalue weighted by atomic mass is 32.1. The van der Waals surface area contributed by atoms with E-state index in [-0.39, 0.29) is 0 Å². The van der Waals surface area contributed by atoms with Crippen LogP contribution in [0.25, 0.3) is 5.57 Å². The number of benzene rings is 1. The molecule has 4 nitrogen and oxygen atoms in total. The number of aromatic nitrogens is 1. The van der Waals surface area contributed by atoms with Crippen LogP contribution in [-0.4, -0.2) is 17.4 Å². The van der Waals surface area contributed by atoms with E-state index < -0.39 is 0 Å². The molecule has 2 N–H and O–H groups in total. The number of anilines is 1. The second-order valence-electron chi connectivity index (χ2n) is 8.39. The van der Waals surface area contributed by atoms with Gasteiger partial charge < -0.3 is 10.2 Å². The van der Waals surface area contributed by atoms with Gasteiger partial charge in [0, 0.05) is 23.5 Å². The van der Waals surface area contributed by atoms with E-state index in [9.17, 15) is 0 Å². The van der Waals surface area contributed by atoms with Crippen molar-refractivity contribution in [2.24, 2.45) is 5.92 Å². The zero-order valence-corrected chi connectivity index (χ0v) is 21.1. The van der Waals surface area contributed by atoms with Gasteiger partial charge in [-0.1, -0.05) is 57.0 Å². The largest absolute Gasteiger partial charge is 0.306 e. The quantitative estimate of drug-likeness (QED) is 0.505. The average molecular weight is 451 g/mol. The first-order valence-electron chi connectivity index (χ1n) is 12.1. The van der Waals surface area contributed by atoms with Crippen molar-refractivity contribution in [3.05, 3.63) is 63.3 Å². The van der Waals surface area contributed by atoms with E-state index in [0.717, 1.165) is 49.4 Å². The first kappa shape index (κ1) is 24.4. The summed E-state index contributed by atoms with van der Waals surface area (Å²) < 4.78 is 0. The number of thiazole rings is 1. The van der Waals surface area contributed by atoms with Crippen LogP contribution >= 0.6 is 11.3 Å². The Morgan fingerprint density at radius 2 is 2.09 bits per heavy atom. The average Bonchev–Trinajstić information content (AvgIpc) is 3.18. The number of nitrogens with zero attached hydrogens (tertiary/aromatic N) is 2. The molecule has 5 heteroatoms. The second-order valence-corrected chi connectivity index (χ2v) is 9.45. The highest BCUT2D eigenvalue weighted by Crippen LogP contribution is 2.38. The normalized spacial score (nSPS) is 19.0. The van der Waals surface area contributed by atoms with E-state index in [1.807, 2.05) is 13.8 Å². The lowest BCUT2D eigenvalue weighted by Crippen LogP contribution is -2.37. The van der Waals surface area contributed by atoms with Crippen LogP contribution < -0.4 is 10.2 Å². The molecule has 0 saturated carbocycles. The first-order valence-corrected chi connectivity index (χ1v) is 12.9. The maximum absolute atomic E-state index is 8.83. The monoisotopic (exact) mass is 450 g/mol. The Morgan fingerprint density at radius 1 is 1.28 bits per heavy atom. The maximum Gasteiger partial charge on any atom is 0.119 e. The Balaban J connectivity index is 0.00000141. The zero-order chi connectivity index (χ0) is 23.1. The lowest BCUT2D eigenvalue weighted by molar-refractivity contribution is 0.549. The highest BCUT2D eigenvalue weighted by molar-refractivity contribution is 7.09. The van der Waals surface area contributed by atoms with E-state index in [2.05, 4.69) is 71.7 Å². The summed E-state index contributed by atoms with van der Waals surface area (Å²) in [5.41, 5.74) is 7.57. The van der Waals surface area contributed by atoms with Crippen molar-refractivity contribution in [1.29, 1.82) is 5.41 Å². The van der Waals surface area contributed by atoms with Crippen molar-refractivity contribution >= 4 is 28.4 Å². The van der Waals surface area contributed by atoms with Gasteiger partial charge in [-0.2, -0.15) is 0 Å². The van der Waals surface area contributed by atoms with Crippen molar-refractivity contribution in [2.45, 2.75) is 73.3 Å². The van der Waals surface area contributed by atoms with Gasteiger partial charge in [0.25, 0.3) is 0 Å². The van der Waals surface area contributed by atoms with Crippen molar-refractivity contribution in [3.8, 4) is 0 Å². The van der Waals surface area contributed by atoms with Crippen molar-refractivity contribution in [2.75, 3.05) is 11.4 Å². The van der Waals surface area contributed by atoms with E-state index >= 15 is 0 Å². The summed E-state index contributed by atoms with van der Waals surface area (Å²) in [6, 6.07) is 6.63. The molecule has 172 valence electrons. The minimum absolute atomic E-state index is 0.438. The number of allylic oxidation sites excluding steroid dienone is 4. The highest BCUT2D eigenvalue weighted by Gasteiger charge is 2.29. The summed E-state index contributed by atoms with van der Waals surface area (Å²) >= 11 is 1.73. The van der Waals surface area contributed by atoms with E-state index in [1.54, 1.807) is 11.3 Å². The molecule has 2 aliphatic rings. The molecular weight excluding hydrogens is 412 g/mol. The topological polar surface area (TPSA) is 52.0 Å². The molecule has 1 aliphatic carbocycles. The summed E-state index contributed by atoms with van der Waals surface area (Å²) in [6.07, 6.45) is 10.1. The van der Waals surface area contributed by atoms with Gasteiger partial charge in [-0.05, 0) is 56.7 Å². The summed E-state index contributed by atoms with van der Waals surface area (Å²) in [5.74, 6) is 1.08. The third-order valence-electron chi connectivity index (χ3n) is 6.03. The third kappa shape index (κ3) is 5.57. The molecule has 1 aliphatic heterocycles. The summed E-state index contributed by atoms with van der Waals surface area (Å²) in [6.45, 7) is 11.9. The lowest BCUT2D eigenvalue weighted by Gasteiger charge is -2.34. The molecule has 0 fully saturated rings. The molecule has 0 spiro atoms. The van der Waals surface area contributed by atoms with Crippen LogP contribution in [-0.2, 0) is 6.54 Å². The Kier molecular flexibility index (Phi) is 8.83. The smallest absolute Gasteiger partial charge is 0.119 e. The van der Waals surface area contributed by atoms with Gasteiger partial charge in [0.15, 0.2) is 0 Å². The molecule has 1 aromatic carbocycles. The molecule has 0 saturated heterocycles. The number of amidine groups is 1. The first-order chi connectivity index (χ1) is 15.6. The molecule has 1 aromatic heterocycles. The van der Waals surface area contributed by atoms with Crippen molar-refractivity contribution < 1.29 is 0 Å². The van der Waals surface area contributed by atoms with Crippen LogP contribution in [0.15, 0.2) is 41.4 Å². The molecule has 2 heterocycles. The van der Waals surface area contributed by atoms with Crippen LogP contribution in [0, 0.1) is 25.2 Å². The van der Waals surface area contributed by atoms with Crippen LogP contribution in [0.1, 0.15) is 74.7 Å². The zero-order valence-electron chi connectivity index (χ0n) is 20.3. The number of nitrogens with one attached hydrogen (secondary N) is 2. The predicted molar refractivity (Wildman–Crippen MR) is 140 cm³/mol. The van der Waals surface area contributed by atoms with E-state index in [1.165, 1.54) is 28.1 Å². The second kappa shape index (κ2) is 11.6. The van der Waals surface area contributed by atoms with Crippen LogP contribution in [0.5, 0.6) is 0 Å². The summed E-state index contributed by atoms with van der Waals surface area (Å²) in [5, 5.41) is 15.6. The number of aryl methyl sites for hydroxylation is 2. The predicted octanol–water partition coefficient (Wildman–Crippen LogP) is 7.24. The minimum Gasteiger partial charge on any atom is -0.306 e. The van der Waals surface area contributed by atoms with Gasteiger partial charge >= 0.3 is 0 Å². The van der Waals surface area contributed by atoms with Gasteiger partial charge in [-0.25, -0.2) is 4.98 Å².